The quantitative estimate of drug-likeness (QED) is 0.803. The summed E-state index contributed by atoms with van der Waals surface area (Å²) in [5.74, 6) is 4.23. The average molecular weight is 248 g/mol. The minimum absolute atomic E-state index is 0.378. The van der Waals surface area contributed by atoms with Crippen molar-refractivity contribution in [2.24, 2.45) is 29.6 Å². The minimum atomic E-state index is 0.378. The molecule has 4 saturated carbocycles. The van der Waals surface area contributed by atoms with Crippen LogP contribution in [-0.4, -0.2) is 37.0 Å². The number of hydrogen-bond acceptors (Lipinski definition) is 2. The number of hydrogen-bond donors (Lipinski definition) is 1. The van der Waals surface area contributed by atoms with Crippen LogP contribution in [0.15, 0.2) is 0 Å². The number of nitrogens with one attached hydrogen (secondary N) is 1. The summed E-state index contributed by atoms with van der Waals surface area (Å²) in [5.41, 5.74) is 0. The molecule has 1 N–H and O–H groups in total. The van der Waals surface area contributed by atoms with Gasteiger partial charge in [0.25, 0.3) is 0 Å². The van der Waals surface area contributed by atoms with E-state index in [9.17, 15) is 4.79 Å². The van der Waals surface area contributed by atoms with E-state index in [4.69, 9.17) is 0 Å². The molecule has 5 aliphatic rings. The lowest BCUT2D eigenvalue weighted by molar-refractivity contribution is -0.150. The van der Waals surface area contributed by atoms with E-state index in [1.54, 1.807) is 0 Å². The average Bonchev–Trinajstić information content (AvgIpc) is 2.24. The van der Waals surface area contributed by atoms with Gasteiger partial charge in [0.05, 0.1) is 6.04 Å². The largest absolute Gasteiger partial charge is 0.340 e. The summed E-state index contributed by atoms with van der Waals surface area (Å²) in [6.07, 6.45) is 6.86. The highest BCUT2D eigenvalue weighted by molar-refractivity contribution is 5.80. The molecule has 3 nitrogen and oxygen atoms in total. The van der Waals surface area contributed by atoms with Crippen molar-refractivity contribution < 1.29 is 4.79 Å². The van der Waals surface area contributed by atoms with Crippen LogP contribution in [-0.2, 0) is 4.79 Å². The van der Waals surface area contributed by atoms with Crippen LogP contribution in [0, 0.1) is 29.6 Å². The first kappa shape index (κ1) is 11.3. The predicted octanol–water partition coefficient (Wildman–Crippen LogP) is 1.49. The first-order chi connectivity index (χ1) is 8.72. The van der Waals surface area contributed by atoms with Crippen molar-refractivity contribution in [3.05, 3.63) is 0 Å². The molecule has 5 rings (SSSR count). The van der Waals surface area contributed by atoms with E-state index in [2.05, 4.69) is 10.2 Å². The summed E-state index contributed by atoms with van der Waals surface area (Å²) >= 11 is 0. The smallest absolute Gasteiger partial charge is 0.226 e. The Morgan fingerprint density at radius 1 is 1.00 bits per heavy atom. The zero-order valence-corrected chi connectivity index (χ0v) is 11.3. The molecule has 1 amide bonds. The number of likely N-dealkylation sites (N-methyl/N-ethyl adjacent to an activating group) is 1. The highest BCUT2D eigenvalue weighted by Crippen LogP contribution is 2.56. The van der Waals surface area contributed by atoms with Gasteiger partial charge in [-0.25, -0.2) is 0 Å². The normalized spacial score (nSPS) is 45.9. The molecule has 100 valence electrons. The van der Waals surface area contributed by atoms with Crippen molar-refractivity contribution in [3.63, 3.8) is 0 Å². The predicted molar refractivity (Wildman–Crippen MR) is 70.0 cm³/mol. The first-order valence-corrected chi connectivity index (χ1v) is 7.69. The molecule has 0 unspecified atom stereocenters. The maximum absolute atomic E-state index is 12.8. The number of carbonyl (C=O) groups is 1. The number of carbonyl (C=O) groups excluding carboxylic acids is 1. The molecule has 0 aromatic rings. The topological polar surface area (TPSA) is 32.3 Å². The molecule has 18 heavy (non-hydrogen) atoms. The highest BCUT2D eigenvalue weighted by atomic mass is 16.2. The molecule has 0 spiro atoms. The molecule has 0 aromatic carbocycles. The van der Waals surface area contributed by atoms with Crippen LogP contribution in [0.25, 0.3) is 0 Å². The SMILES string of the molecule is CN(C(=O)C1C2CC3CC(C2)CC1C3)C1CNC1. The van der Waals surface area contributed by atoms with Gasteiger partial charge in [-0.15, -0.1) is 0 Å². The van der Waals surface area contributed by atoms with Gasteiger partial charge in [-0.2, -0.15) is 0 Å². The Hall–Kier alpha value is -0.570. The minimum Gasteiger partial charge on any atom is -0.340 e. The molecule has 0 aromatic heterocycles. The molecule has 4 bridgehead atoms. The first-order valence-electron chi connectivity index (χ1n) is 7.69. The second kappa shape index (κ2) is 3.96. The lowest BCUT2D eigenvalue weighted by Gasteiger charge is -2.54. The van der Waals surface area contributed by atoms with Crippen molar-refractivity contribution in [1.82, 2.24) is 10.2 Å². The third kappa shape index (κ3) is 1.56. The third-order valence-electron chi connectivity index (χ3n) is 6.17. The Morgan fingerprint density at radius 2 is 1.56 bits per heavy atom. The van der Waals surface area contributed by atoms with Gasteiger partial charge < -0.3 is 10.2 Å². The van der Waals surface area contributed by atoms with E-state index in [0.29, 0.717) is 17.9 Å². The van der Waals surface area contributed by atoms with Crippen LogP contribution in [0.2, 0.25) is 0 Å². The van der Waals surface area contributed by atoms with Gasteiger partial charge in [-0.05, 0) is 55.8 Å². The van der Waals surface area contributed by atoms with E-state index in [1.165, 1.54) is 32.1 Å². The van der Waals surface area contributed by atoms with Gasteiger partial charge in [0.15, 0.2) is 0 Å². The second-order valence-corrected chi connectivity index (χ2v) is 7.22. The van der Waals surface area contributed by atoms with Crippen LogP contribution in [0.5, 0.6) is 0 Å². The summed E-state index contributed by atoms with van der Waals surface area (Å²) in [6, 6.07) is 0.467. The van der Waals surface area contributed by atoms with Gasteiger partial charge in [-0.1, -0.05) is 0 Å². The molecule has 0 radical (unpaired) electrons. The van der Waals surface area contributed by atoms with Gasteiger partial charge in [0.2, 0.25) is 5.91 Å². The fraction of sp³-hybridized carbons (Fsp3) is 0.933. The van der Waals surface area contributed by atoms with Crippen LogP contribution < -0.4 is 5.32 Å². The van der Waals surface area contributed by atoms with Crippen molar-refractivity contribution in [1.29, 1.82) is 0 Å². The summed E-state index contributed by atoms with van der Waals surface area (Å²) < 4.78 is 0. The number of rotatable bonds is 2. The van der Waals surface area contributed by atoms with E-state index in [-0.39, 0.29) is 0 Å². The molecule has 5 fully saturated rings. The van der Waals surface area contributed by atoms with Crippen molar-refractivity contribution >= 4 is 5.91 Å². The van der Waals surface area contributed by atoms with E-state index >= 15 is 0 Å². The van der Waals surface area contributed by atoms with Crippen LogP contribution in [0.3, 0.4) is 0 Å². The van der Waals surface area contributed by atoms with E-state index < -0.39 is 0 Å². The Kier molecular flexibility index (Phi) is 2.48. The van der Waals surface area contributed by atoms with Crippen LogP contribution >= 0.6 is 0 Å². The monoisotopic (exact) mass is 248 g/mol. The van der Waals surface area contributed by atoms with Crippen LogP contribution in [0.4, 0.5) is 0 Å². The fourth-order valence-corrected chi connectivity index (χ4v) is 5.29. The summed E-state index contributed by atoms with van der Waals surface area (Å²) in [5, 5.41) is 3.27. The molecular weight excluding hydrogens is 224 g/mol. The molecule has 4 aliphatic carbocycles. The Balaban J connectivity index is 1.52. The molecular formula is C15H24N2O. The van der Waals surface area contributed by atoms with E-state index in [1.807, 2.05) is 7.05 Å². The second-order valence-electron chi connectivity index (χ2n) is 7.22. The van der Waals surface area contributed by atoms with Gasteiger partial charge in [-0.3, -0.25) is 4.79 Å². The maximum atomic E-state index is 12.8. The summed E-state index contributed by atoms with van der Waals surface area (Å²) in [6.45, 7) is 1.99. The lowest BCUT2D eigenvalue weighted by atomic mass is 9.51. The molecule has 1 heterocycles. The lowest BCUT2D eigenvalue weighted by Crippen LogP contribution is -2.60. The molecule has 1 saturated heterocycles. The zero-order chi connectivity index (χ0) is 12.3. The summed E-state index contributed by atoms with van der Waals surface area (Å²) in [7, 11) is 2.03. The van der Waals surface area contributed by atoms with Gasteiger partial charge in [0.1, 0.15) is 0 Å². The Bertz CT molecular complexity index is 336. The standard InChI is InChI=1S/C15H24N2O/c1-17(13-7-16-8-13)15(18)14-11-3-9-2-10(5-11)6-12(14)4-9/h9-14,16H,2-8H2,1H3. The van der Waals surface area contributed by atoms with Crippen molar-refractivity contribution in [3.8, 4) is 0 Å². The molecule has 3 heteroatoms. The maximum Gasteiger partial charge on any atom is 0.226 e. The number of nitrogens with zero attached hydrogens (tertiary/aromatic N) is 1. The third-order valence-corrected chi connectivity index (χ3v) is 6.17. The van der Waals surface area contributed by atoms with Crippen molar-refractivity contribution in [2.45, 2.75) is 38.1 Å². The molecule has 0 atom stereocenters. The molecule has 1 aliphatic heterocycles. The Morgan fingerprint density at radius 3 is 2.00 bits per heavy atom. The summed E-state index contributed by atoms with van der Waals surface area (Å²) in [4.78, 5) is 14.8. The highest BCUT2D eigenvalue weighted by Gasteiger charge is 2.51. The van der Waals surface area contributed by atoms with Crippen molar-refractivity contribution in [2.75, 3.05) is 20.1 Å². The van der Waals surface area contributed by atoms with Gasteiger partial charge >= 0.3 is 0 Å². The van der Waals surface area contributed by atoms with Gasteiger partial charge in [0, 0.05) is 26.1 Å². The number of amides is 1. The Labute approximate surface area is 109 Å². The van der Waals surface area contributed by atoms with E-state index in [0.717, 1.165) is 36.8 Å². The zero-order valence-electron chi connectivity index (χ0n) is 11.3. The fourth-order valence-electron chi connectivity index (χ4n) is 5.29. The van der Waals surface area contributed by atoms with Crippen LogP contribution in [0.1, 0.15) is 32.1 Å².